The summed E-state index contributed by atoms with van der Waals surface area (Å²) in [5, 5.41) is 16.0. The molecule has 0 saturated heterocycles. The van der Waals surface area contributed by atoms with E-state index in [9.17, 15) is 0 Å². The standard InChI is InChI=1S/C34H57N6.2ClH.Mn/c1-29(2,3)22-19-25(32(10,11)12)38(35-22)28(39-26(33(13,14)15)20-23(36-39)30(4,5)6)40-27(34(16,17)18)21-24(37-40)31(7,8)9;;;/h19-21H,1-18H3;2*1H;/q-1;;;+2/p-2. The number of hydrogen-bond acceptors (Lipinski definition) is 3. The fraction of sp³-hybridized carbons (Fsp3) is 0.706. The van der Waals surface area contributed by atoms with E-state index in [2.05, 4.69) is 157 Å². The zero-order valence-corrected chi connectivity index (χ0v) is 32.7. The Kier molecular flexibility index (Phi) is 10.9. The van der Waals surface area contributed by atoms with Gasteiger partial charge < -0.3 is 0 Å². The van der Waals surface area contributed by atoms with Gasteiger partial charge in [0.25, 0.3) is 0 Å². The van der Waals surface area contributed by atoms with Gasteiger partial charge in [0.05, 0.1) is 17.1 Å². The molecule has 0 aliphatic heterocycles. The van der Waals surface area contributed by atoms with Gasteiger partial charge in [-0.2, -0.15) is 15.3 Å². The van der Waals surface area contributed by atoms with Crippen LogP contribution in [0.4, 0.5) is 0 Å². The van der Waals surface area contributed by atoms with Crippen LogP contribution in [-0.2, 0) is 45.6 Å². The second-order valence-electron chi connectivity index (χ2n) is 17.8. The Morgan fingerprint density at radius 3 is 0.767 bits per heavy atom. The van der Waals surface area contributed by atoms with Crippen LogP contribution in [-0.4, -0.2) is 29.3 Å². The molecule has 0 bridgehead atoms. The van der Waals surface area contributed by atoms with E-state index in [1.54, 1.807) is 0 Å². The molecule has 0 spiro atoms. The van der Waals surface area contributed by atoms with E-state index in [1.165, 1.54) is 0 Å². The van der Waals surface area contributed by atoms with Crippen LogP contribution in [0.3, 0.4) is 0 Å². The van der Waals surface area contributed by atoms with Crippen molar-refractivity contribution in [3.05, 3.63) is 58.7 Å². The molecule has 3 heterocycles. The Morgan fingerprint density at radius 2 is 0.628 bits per heavy atom. The molecule has 0 saturated carbocycles. The molecule has 0 amide bonds. The molecule has 0 N–H and O–H groups in total. The topological polar surface area (TPSA) is 53.5 Å². The number of rotatable bonds is 3. The number of hydrogen-bond donors (Lipinski definition) is 0. The molecular formula is C34H57Cl2MnN6-. The van der Waals surface area contributed by atoms with Gasteiger partial charge in [-0.15, -0.1) is 0 Å². The van der Waals surface area contributed by atoms with Crippen LogP contribution in [0.2, 0.25) is 0 Å². The van der Waals surface area contributed by atoms with Crippen molar-refractivity contribution in [2.45, 2.75) is 157 Å². The summed E-state index contributed by atoms with van der Waals surface area (Å²) in [5.41, 5.74) is 5.73. The molecule has 0 unspecified atom stereocenters. The Balaban J connectivity index is 0.00000206. The molecule has 3 aromatic heterocycles. The Labute approximate surface area is 277 Å². The Morgan fingerprint density at radius 1 is 0.442 bits per heavy atom. The number of aromatic nitrogens is 6. The molecular weight excluding hydrogens is 618 g/mol. The van der Waals surface area contributed by atoms with Crippen LogP contribution in [0.5, 0.6) is 0 Å². The first-order valence-corrected chi connectivity index (χ1v) is 18.4. The van der Waals surface area contributed by atoms with E-state index >= 15 is 0 Å². The van der Waals surface area contributed by atoms with Gasteiger partial charge in [-0.05, 0) is 33.3 Å². The molecule has 0 aliphatic rings. The first-order valence-electron chi connectivity index (χ1n) is 15.1. The van der Waals surface area contributed by atoms with Crippen molar-refractivity contribution in [2.24, 2.45) is 0 Å². The van der Waals surface area contributed by atoms with Gasteiger partial charge in [-0.1, -0.05) is 143 Å². The van der Waals surface area contributed by atoms with E-state index in [0.717, 1.165) is 40.5 Å². The first kappa shape index (κ1) is 37.8. The molecule has 0 atom stereocenters. The molecule has 0 aliphatic carbocycles. The predicted molar refractivity (Wildman–Crippen MR) is 180 cm³/mol. The summed E-state index contributed by atoms with van der Waals surface area (Å²) in [6.07, 6.45) is 0.835. The number of halogens is 2. The van der Waals surface area contributed by atoms with Crippen molar-refractivity contribution < 1.29 is 13.1 Å². The molecule has 3 rings (SSSR count). The van der Waals surface area contributed by atoms with Crippen LogP contribution in [0.15, 0.2) is 18.2 Å². The van der Waals surface area contributed by atoms with Crippen LogP contribution in [0.1, 0.15) is 159 Å². The van der Waals surface area contributed by atoms with Crippen molar-refractivity contribution in [1.29, 1.82) is 0 Å². The van der Waals surface area contributed by atoms with Gasteiger partial charge in [-0.3, -0.25) is 14.0 Å². The third kappa shape index (κ3) is 8.87. The summed E-state index contributed by atoms with van der Waals surface area (Å²) in [6.45, 7) is 40.4. The maximum atomic E-state index is 5.35. The molecule has 43 heavy (non-hydrogen) atoms. The van der Waals surface area contributed by atoms with Gasteiger partial charge >= 0.3 is 33.3 Å². The first-order chi connectivity index (χ1) is 19.0. The summed E-state index contributed by atoms with van der Waals surface area (Å²) in [7, 11) is 9.59. The molecule has 245 valence electrons. The molecule has 9 heteroatoms. The van der Waals surface area contributed by atoms with Crippen molar-refractivity contribution in [3.8, 4) is 0 Å². The third-order valence-corrected chi connectivity index (χ3v) is 7.31. The molecule has 0 fully saturated rings. The van der Waals surface area contributed by atoms with E-state index in [-0.39, 0.29) is 45.6 Å². The van der Waals surface area contributed by atoms with E-state index in [0.29, 0.717) is 0 Å². The monoisotopic (exact) mass is 674 g/mol. The van der Waals surface area contributed by atoms with E-state index in [4.69, 9.17) is 35.5 Å². The summed E-state index contributed by atoms with van der Waals surface area (Å²) < 4.78 is 6.39. The van der Waals surface area contributed by atoms with Crippen LogP contribution in [0, 0.1) is 6.29 Å². The average molecular weight is 676 g/mol. The zero-order valence-electron chi connectivity index (χ0n) is 30.0. The normalized spacial score (nSPS) is 13.7. The summed E-state index contributed by atoms with van der Waals surface area (Å²) >= 11 is 0.00694. The SMILES string of the molecule is CC(C)(C)c1cc(C(C)(C)C)n([C-](n2nc(C(C)(C)C)cc2C(C)(C)C)n2nc(C(C)(C)C)cc2C(C)(C)C)n1.[Cl][Mn][Cl]. The van der Waals surface area contributed by atoms with Gasteiger partial charge in [0.15, 0.2) is 6.29 Å². The van der Waals surface area contributed by atoms with Crippen molar-refractivity contribution in [1.82, 2.24) is 29.3 Å². The van der Waals surface area contributed by atoms with Crippen LogP contribution < -0.4 is 0 Å². The predicted octanol–water partition coefficient (Wildman–Crippen LogP) is 9.83. The summed E-state index contributed by atoms with van der Waals surface area (Å²) in [5.74, 6) is 0. The second-order valence-corrected chi connectivity index (χ2v) is 19.8. The number of nitrogens with zero attached hydrogens (tertiary/aromatic N) is 6. The second kappa shape index (κ2) is 12.4. The van der Waals surface area contributed by atoms with Crippen molar-refractivity contribution in [2.75, 3.05) is 0 Å². The van der Waals surface area contributed by atoms with Crippen molar-refractivity contribution in [3.63, 3.8) is 0 Å². The van der Waals surface area contributed by atoms with Crippen LogP contribution >= 0.6 is 20.2 Å². The van der Waals surface area contributed by atoms with Gasteiger partial charge in [0, 0.05) is 16.2 Å². The minimum absolute atomic E-state index is 0.00694. The Hall–Kier alpha value is -1.40. The summed E-state index contributed by atoms with van der Waals surface area (Å²) in [6, 6.07) is 6.82. The van der Waals surface area contributed by atoms with Crippen LogP contribution in [0.25, 0.3) is 0 Å². The van der Waals surface area contributed by atoms with Gasteiger partial charge in [0.1, 0.15) is 0 Å². The maximum absolute atomic E-state index is 5.35. The molecule has 3 aromatic rings. The quantitative estimate of drug-likeness (QED) is 0.205. The zero-order chi connectivity index (χ0) is 33.7. The van der Waals surface area contributed by atoms with Gasteiger partial charge in [0.2, 0.25) is 0 Å². The van der Waals surface area contributed by atoms with Gasteiger partial charge in [-0.25, -0.2) is 0 Å². The molecule has 0 radical (unpaired) electrons. The fourth-order valence-corrected chi connectivity index (χ4v) is 4.57. The van der Waals surface area contributed by atoms with E-state index < -0.39 is 0 Å². The molecule has 6 nitrogen and oxygen atoms in total. The Bertz CT molecular complexity index is 1200. The van der Waals surface area contributed by atoms with Crippen molar-refractivity contribution >= 4 is 20.2 Å². The fourth-order valence-electron chi connectivity index (χ4n) is 4.57. The molecule has 0 aromatic carbocycles. The summed E-state index contributed by atoms with van der Waals surface area (Å²) in [4.78, 5) is 0. The third-order valence-electron chi connectivity index (χ3n) is 7.31. The average Bonchev–Trinajstić information content (AvgIpc) is 3.49. The minimum atomic E-state index is -0.161. The van der Waals surface area contributed by atoms with E-state index in [1.807, 2.05) is 0 Å².